The molecule has 0 heterocycles. The third kappa shape index (κ3) is 6.34. The first-order valence-electron chi connectivity index (χ1n) is 9.86. The van der Waals surface area contributed by atoms with Gasteiger partial charge in [-0.1, -0.05) is 57.0 Å². The Morgan fingerprint density at radius 1 is 0.893 bits per heavy atom. The van der Waals surface area contributed by atoms with Crippen molar-refractivity contribution in [3.8, 4) is 0 Å². The van der Waals surface area contributed by atoms with Gasteiger partial charge < -0.3 is 5.32 Å². The van der Waals surface area contributed by atoms with Gasteiger partial charge in [-0.3, -0.25) is 9.59 Å². The largest absolute Gasteiger partial charge is 0.326 e. The Morgan fingerprint density at radius 2 is 1.50 bits per heavy atom. The molecule has 5 heteroatoms. The van der Waals surface area contributed by atoms with Gasteiger partial charge in [0.2, 0.25) is 5.91 Å². The third-order valence-corrected chi connectivity index (χ3v) is 4.58. The minimum Gasteiger partial charge on any atom is -0.326 e. The van der Waals surface area contributed by atoms with Crippen LogP contribution in [0.5, 0.6) is 0 Å². The van der Waals surface area contributed by atoms with E-state index in [9.17, 15) is 9.59 Å². The number of hydrogen-bond acceptors (Lipinski definition) is 3. The third-order valence-electron chi connectivity index (χ3n) is 4.58. The molecule has 0 aromatic heterocycles. The lowest BCUT2D eigenvalue weighted by Gasteiger charge is -2.15. The van der Waals surface area contributed by atoms with E-state index >= 15 is 0 Å². The molecule has 0 saturated carbocycles. The summed E-state index contributed by atoms with van der Waals surface area (Å²) in [5.41, 5.74) is 5.44. The van der Waals surface area contributed by atoms with Crippen molar-refractivity contribution in [1.29, 1.82) is 0 Å². The van der Waals surface area contributed by atoms with Gasteiger partial charge in [0.05, 0.1) is 5.71 Å². The van der Waals surface area contributed by atoms with E-state index in [0.29, 0.717) is 11.3 Å². The van der Waals surface area contributed by atoms with Crippen LogP contribution in [0.15, 0.2) is 59.7 Å². The summed E-state index contributed by atoms with van der Waals surface area (Å²) in [6.45, 7) is 6.02. The van der Waals surface area contributed by atoms with Crippen LogP contribution < -0.4 is 10.7 Å². The van der Waals surface area contributed by atoms with Crippen LogP contribution in [0.1, 0.15) is 62.4 Å². The Hall–Kier alpha value is -2.95. The summed E-state index contributed by atoms with van der Waals surface area (Å²) in [7, 11) is 0. The monoisotopic (exact) mass is 379 g/mol. The van der Waals surface area contributed by atoms with Crippen LogP contribution in [0.4, 0.5) is 5.69 Å². The molecule has 2 aromatic rings. The minimum absolute atomic E-state index is 0.0354. The second-order valence-electron chi connectivity index (χ2n) is 6.85. The highest BCUT2D eigenvalue weighted by Crippen LogP contribution is 2.17. The van der Waals surface area contributed by atoms with Crippen molar-refractivity contribution < 1.29 is 9.59 Å². The highest BCUT2D eigenvalue weighted by Gasteiger charge is 2.16. The molecule has 148 valence electrons. The average molecular weight is 380 g/mol. The molecule has 0 aliphatic heterocycles. The van der Waals surface area contributed by atoms with Crippen LogP contribution >= 0.6 is 0 Å². The Morgan fingerprint density at radius 3 is 2.07 bits per heavy atom. The molecule has 5 nitrogen and oxygen atoms in total. The summed E-state index contributed by atoms with van der Waals surface area (Å²) in [5.74, 6) is -0.208. The molecule has 0 spiro atoms. The maximum absolute atomic E-state index is 12.4. The van der Waals surface area contributed by atoms with Crippen molar-refractivity contribution in [3.05, 3.63) is 65.7 Å². The van der Waals surface area contributed by atoms with E-state index < -0.39 is 0 Å². The van der Waals surface area contributed by atoms with Crippen LogP contribution in [0.3, 0.4) is 0 Å². The maximum atomic E-state index is 12.4. The quantitative estimate of drug-likeness (QED) is 0.476. The van der Waals surface area contributed by atoms with E-state index in [-0.39, 0.29) is 17.7 Å². The summed E-state index contributed by atoms with van der Waals surface area (Å²) in [5, 5.41) is 7.10. The summed E-state index contributed by atoms with van der Waals surface area (Å²) in [6, 6.07) is 16.5. The first-order chi connectivity index (χ1) is 13.5. The highest BCUT2D eigenvalue weighted by molar-refractivity contribution is 6.01. The number of benzene rings is 2. The Kier molecular flexibility index (Phi) is 8.40. The van der Waals surface area contributed by atoms with E-state index in [1.807, 2.05) is 37.3 Å². The molecule has 0 aliphatic rings. The molecule has 2 amide bonds. The molecule has 2 rings (SSSR count). The fourth-order valence-electron chi connectivity index (χ4n) is 3.00. The molecule has 0 bridgehead atoms. The van der Waals surface area contributed by atoms with Gasteiger partial charge >= 0.3 is 0 Å². The first kappa shape index (κ1) is 21.4. The highest BCUT2D eigenvalue weighted by atomic mass is 16.2. The molecule has 2 N–H and O–H groups in total. The van der Waals surface area contributed by atoms with Gasteiger partial charge in [-0.15, -0.1) is 0 Å². The molecule has 2 aromatic carbocycles. The first-order valence-corrected chi connectivity index (χ1v) is 9.86. The molecular formula is C23H29N3O2. The van der Waals surface area contributed by atoms with Crippen LogP contribution in [-0.4, -0.2) is 17.5 Å². The number of nitrogens with one attached hydrogen (secondary N) is 2. The number of hydrazone groups is 1. The Labute approximate surface area is 167 Å². The number of amides is 2. The average Bonchev–Trinajstić information content (AvgIpc) is 2.72. The summed E-state index contributed by atoms with van der Waals surface area (Å²) in [4.78, 5) is 24.7. The molecule has 0 radical (unpaired) electrons. The van der Waals surface area contributed by atoms with Crippen molar-refractivity contribution in [2.45, 2.75) is 46.5 Å². The van der Waals surface area contributed by atoms with E-state index in [4.69, 9.17) is 0 Å². The number of carbonyl (C=O) groups excluding carboxylic acids is 2. The van der Waals surface area contributed by atoms with Crippen LogP contribution in [0, 0.1) is 5.92 Å². The summed E-state index contributed by atoms with van der Waals surface area (Å²) < 4.78 is 0. The number of hydrogen-bond donors (Lipinski definition) is 2. The van der Waals surface area contributed by atoms with Crippen molar-refractivity contribution >= 4 is 23.2 Å². The zero-order valence-corrected chi connectivity index (χ0v) is 16.9. The lowest BCUT2D eigenvalue weighted by Crippen LogP contribution is -2.23. The normalized spacial score (nSPS) is 11.4. The molecule has 28 heavy (non-hydrogen) atoms. The van der Waals surface area contributed by atoms with Gasteiger partial charge in [0.15, 0.2) is 0 Å². The molecule has 0 aliphatic carbocycles. The Bertz CT molecular complexity index is 792. The van der Waals surface area contributed by atoms with Crippen molar-refractivity contribution in [1.82, 2.24) is 5.43 Å². The van der Waals surface area contributed by atoms with Gasteiger partial charge in [0, 0.05) is 17.2 Å². The lowest BCUT2D eigenvalue weighted by molar-refractivity contribution is -0.120. The van der Waals surface area contributed by atoms with E-state index in [0.717, 1.165) is 37.0 Å². The zero-order valence-electron chi connectivity index (χ0n) is 16.9. The van der Waals surface area contributed by atoms with Crippen molar-refractivity contribution in [2.24, 2.45) is 11.0 Å². The van der Waals surface area contributed by atoms with Gasteiger partial charge in [-0.2, -0.15) is 5.10 Å². The summed E-state index contributed by atoms with van der Waals surface area (Å²) in [6.07, 6.45) is 3.75. The fourth-order valence-corrected chi connectivity index (χ4v) is 3.00. The fraction of sp³-hybridized carbons (Fsp3) is 0.348. The van der Waals surface area contributed by atoms with Crippen LogP contribution in [-0.2, 0) is 4.79 Å². The summed E-state index contributed by atoms with van der Waals surface area (Å²) >= 11 is 0. The predicted octanol–water partition coefficient (Wildman–Crippen LogP) is 5.00. The molecule has 0 fully saturated rings. The molecule has 0 unspecified atom stereocenters. The van der Waals surface area contributed by atoms with Gasteiger partial charge in [-0.05, 0) is 49.6 Å². The van der Waals surface area contributed by atoms with Crippen LogP contribution in [0.25, 0.3) is 0 Å². The van der Waals surface area contributed by atoms with E-state index in [2.05, 4.69) is 29.7 Å². The second kappa shape index (κ2) is 11.0. The van der Waals surface area contributed by atoms with Gasteiger partial charge in [-0.25, -0.2) is 5.43 Å². The minimum atomic E-state index is -0.289. The number of nitrogens with zero attached hydrogens (tertiary/aromatic N) is 1. The predicted molar refractivity (Wildman–Crippen MR) is 114 cm³/mol. The topological polar surface area (TPSA) is 70.6 Å². The number of carbonyl (C=O) groups is 2. The Balaban J connectivity index is 1.96. The van der Waals surface area contributed by atoms with Crippen molar-refractivity contribution in [2.75, 3.05) is 5.32 Å². The smallest absolute Gasteiger partial charge is 0.271 e. The SMILES string of the molecule is CCCC(CCC)C(=O)Nc1ccc(C(=O)N/N=C(\C)c2ccccc2)cc1. The number of rotatable bonds is 9. The molecular weight excluding hydrogens is 350 g/mol. The number of anilines is 1. The zero-order chi connectivity index (χ0) is 20.4. The van der Waals surface area contributed by atoms with Crippen molar-refractivity contribution in [3.63, 3.8) is 0 Å². The standard InChI is InChI=1S/C23H29N3O2/c1-4-9-19(10-5-2)22(27)24-21-15-13-20(14-16-21)23(28)26-25-17(3)18-11-7-6-8-12-18/h6-8,11-16,19H,4-5,9-10H2,1-3H3,(H,24,27)(H,26,28)/b25-17+. The molecule has 0 atom stereocenters. The van der Waals surface area contributed by atoms with Crippen LogP contribution in [0.2, 0.25) is 0 Å². The second-order valence-corrected chi connectivity index (χ2v) is 6.85. The maximum Gasteiger partial charge on any atom is 0.271 e. The van der Waals surface area contributed by atoms with Gasteiger partial charge in [0.25, 0.3) is 5.91 Å². The van der Waals surface area contributed by atoms with E-state index in [1.54, 1.807) is 24.3 Å². The molecule has 0 saturated heterocycles. The van der Waals surface area contributed by atoms with Gasteiger partial charge in [0.1, 0.15) is 0 Å². The lowest BCUT2D eigenvalue weighted by atomic mass is 9.97. The van der Waals surface area contributed by atoms with E-state index in [1.165, 1.54) is 0 Å².